The summed E-state index contributed by atoms with van der Waals surface area (Å²) in [6.45, 7) is 2.32. The molecule has 18 heavy (non-hydrogen) atoms. The molecular formula is C18H22. The zero-order valence-electron chi connectivity index (χ0n) is 11.3. The fourth-order valence-corrected chi connectivity index (χ4v) is 2.96. The van der Waals surface area contributed by atoms with E-state index in [0.29, 0.717) is 0 Å². The summed E-state index contributed by atoms with van der Waals surface area (Å²) < 4.78 is 0. The van der Waals surface area contributed by atoms with Crippen LogP contribution in [0.5, 0.6) is 0 Å². The summed E-state index contributed by atoms with van der Waals surface area (Å²) in [7, 11) is 0. The Morgan fingerprint density at radius 2 is 1.72 bits per heavy atom. The van der Waals surface area contributed by atoms with Crippen molar-refractivity contribution in [1.82, 2.24) is 0 Å². The Balaban J connectivity index is 1.98. The summed E-state index contributed by atoms with van der Waals surface area (Å²) >= 11 is 0. The molecule has 0 radical (unpaired) electrons. The third kappa shape index (κ3) is 2.58. The molecule has 0 amide bonds. The van der Waals surface area contributed by atoms with Gasteiger partial charge in [0.05, 0.1) is 0 Å². The van der Waals surface area contributed by atoms with Crippen molar-refractivity contribution >= 4 is 5.57 Å². The third-order valence-electron chi connectivity index (χ3n) is 4.27. The Morgan fingerprint density at radius 1 is 1.06 bits per heavy atom. The van der Waals surface area contributed by atoms with Crippen molar-refractivity contribution < 1.29 is 0 Å². The van der Waals surface area contributed by atoms with E-state index >= 15 is 0 Å². The quantitative estimate of drug-likeness (QED) is 0.664. The average Bonchev–Trinajstić information content (AvgIpc) is 3.13. The van der Waals surface area contributed by atoms with Gasteiger partial charge in [0.1, 0.15) is 0 Å². The van der Waals surface area contributed by atoms with Crippen molar-refractivity contribution in [3.63, 3.8) is 0 Å². The van der Waals surface area contributed by atoms with E-state index in [9.17, 15) is 0 Å². The molecule has 1 aromatic carbocycles. The van der Waals surface area contributed by atoms with Crippen molar-refractivity contribution in [3.05, 3.63) is 53.1 Å². The predicted octanol–water partition coefficient (Wildman–Crippen LogP) is 5.37. The van der Waals surface area contributed by atoms with E-state index in [0.717, 1.165) is 5.92 Å². The van der Waals surface area contributed by atoms with Gasteiger partial charge in [-0.05, 0) is 62.5 Å². The van der Waals surface area contributed by atoms with Gasteiger partial charge in [-0.3, -0.25) is 0 Å². The lowest BCUT2D eigenvalue weighted by Gasteiger charge is -2.10. The van der Waals surface area contributed by atoms with E-state index < -0.39 is 0 Å². The number of benzene rings is 1. The van der Waals surface area contributed by atoms with Gasteiger partial charge < -0.3 is 0 Å². The van der Waals surface area contributed by atoms with Crippen LogP contribution in [0.25, 0.3) is 5.57 Å². The summed E-state index contributed by atoms with van der Waals surface area (Å²) in [5.74, 6) is 0.880. The second kappa shape index (κ2) is 5.14. The van der Waals surface area contributed by atoms with Crippen LogP contribution in [0.3, 0.4) is 0 Å². The summed E-state index contributed by atoms with van der Waals surface area (Å²) in [6.07, 6.45) is 10.6. The van der Waals surface area contributed by atoms with Crippen LogP contribution in [0.15, 0.2) is 47.6 Å². The van der Waals surface area contributed by atoms with Gasteiger partial charge in [0, 0.05) is 0 Å². The molecule has 0 aliphatic heterocycles. The first-order chi connectivity index (χ1) is 8.84. The van der Waals surface area contributed by atoms with Gasteiger partial charge in [0.2, 0.25) is 0 Å². The zero-order valence-corrected chi connectivity index (χ0v) is 11.3. The minimum Gasteiger partial charge on any atom is -0.0696 e. The average molecular weight is 238 g/mol. The maximum Gasteiger partial charge on any atom is -0.0185 e. The molecule has 0 bridgehead atoms. The molecule has 0 atom stereocenters. The highest BCUT2D eigenvalue weighted by Gasteiger charge is 2.23. The summed E-state index contributed by atoms with van der Waals surface area (Å²) in [5.41, 5.74) is 6.21. The maximum atomic E-state index is 2.48. The minimum absolute atomic E-state index is 0.880. The highest BCUT2D eigenvalue weighted by atomic mass is 14.3. The highest BCUT2D eigenvalue weighted by Crippen LogP contribution is 2.39. The first kappa shape index (κ1) is 11.8. The molecule has 2 fully saturated rings. The van der Waals surface area contributed by atoms with Crippen molar-refractivity contribution in [3.8, 4) is 0 Å². The largest absolute Gasteiger partial charge is 0.0696 e. The van der Waals surface area contributed by atoms with Crippen LogP contribution in [-0.4, -0.2) is 0 Å². The Morgan fingerprint density at radius 3 is 2.33 bits per heavy atom. The summed E-state index contributed by atoms with van der Waals surface area (Å²) in [6, 6.07) is 10.9. The lowest BCUT2D eigenvalue weighted by molar-refractivity contribution is 0.886. The molecule has 94 valence electrons. The minimum atomic E-state index is 0.880. The van der Waals surface area contributed by atoms with Gasteiger partial charge in [-0.15, -0.1) is 0 Å². The molecule has 3 rings (SSSR count). The molecule has 0 spiro atoms. The molecule has 0 heteroatoms. The van der Waals surface area contributed by atoms with Gasteiger partial charge in [-0.2, -0.15) is 0 Å². The maximum absolute atomic E-state index is 2.48. The number of hydrogen-bond acceptors (Lipinski definition) is 0. The molecule has 2 aliphatic carbocycles. The van der Waals surface area contributed by atoms with E-state index in [-0.39, 0.29) is 0 Å². The van der Waals surface area contributed by atoms with Crippen molar-refractivity contribution in [1.29, 1.82) is 0 Å². The third-order valence-corrected chi connectivity index (χ3v) is 4.27. The summed E-state index contributed by atoms with van der Waals surface area (Å²) in [5, 5.41) is 0. The molecule has 1 aromatic rings. The smallest absolute Gasteiger partial charge is 0.0185 e. The molecule has 0 N–H and O–H groups in total. The van der Waals surface area contributed by atoms with Crippen LogP contribution in [0, 0.1) is 5.92 Å². The van der Waals surface area contributed by atoms with Crippen molar-refractivity contribution in [2.75, 3.05) is 0 Å². The lowest BCUT2D eigenvalue weighted by atomic mass is 9.96. The van der Waals surface area contributed by atoms with Crippen molar-refractivity contribution in [2.24, 2.45) is 5.92 Å². The standard InChI is InChI=1S/C18H22/c1-14(15-11-12-15)13-18(17-9-5-6-10-17)16-7-3-2-4-8-16/h2-4,7-8,13,15H,5-6,9-12H2,1H3. The summed E-state index contributed by atoms with van der Waals surface area (Å²) in [4.78, 5) is 0. The molecule has 0 unspecified atom stereocenters. The second-order valence-electron chi connectivity index (χ2n) is 5.75. The fourth-order valence-electron chi connectivity index (χ4n) is 2.96. The van der Waals surface area contributed by atoms with E-state index in [1.165, 1.54) is 49.7 Å². The molecule has 0 aromatic heterocycles. The van der Waals surface area contributed by atoms with Crippen LogP contribution in [0.2, 0.25) is 0 Å². The SMILES string of the molecule is CC(=CC(=C1CCCC1)c1ccccc1)C1CC1. The van der Waals surface area contributed by atoms with Crippen LogP contribution in [-0.2, 0) is 0 Å². The molecule has 0 saturated heterocycles. The number of rotatable bonds is 3. The number of hydrogen-bond donors (Lipinski definition) is 0. The molecule has 2 saturated carbocycles. The zero-order chi connectivity index (χ0) is 12.4. The lowest BCUT2D eigenvalue weighted by Crippen LogP contribution is -1.89. The highest BCUT2D eigenvalue weighted by molar-refractivity contribution is 5.77. The van der Waals surface area contributed by atoms with Gasteiger partial charge in [0.25, 0.3) is 0 Å². The monoisotopic (exact) mass is 238 g/mol. The Bertz CT molecular complexity index is 464. The first-order valence-electron chi connectivity index (χ1n) is 7.30. The first-order valence-corrected chi connectivity index (χ1v) is 7.30. The van der Waals surface area contributed by atoms with Gasteiger partial charge in [-0.25, -0.2) is 0 Å². The molecular weight excluding hydrogens is 216 g/mol. The van der Waals surface area contributed by atoms with Crippen LogP contribution in [0.1, 0.15) is 51.0 Å². The van der Waals surface area contributed by atoms with Gasteiger partial charge in [0.15, 0.2) is 0 Å². The Labute approximate surface area is 110 Å². The second-order valence-corrected chi connectivity index (χ2v) is 5.75. The predicted molar refractivity (Wildman–Crippen MR) is 78.3 cm³/mol. The normalized spacial score (nSPS) is 20.3. The van der Waals surface area contributed by atoms with E-state index in [2.05, 4.69) is 43.3 Å². The Kier molecular flexibility index (Phi) is 3.36. The molecule has 0 nitrogen and oxygen atoms in total. The molecule has 2 aliphatic rings. The number of allylic oxidation sites excluding steroid dienone is 4. The van der Waals surface area contributed by atoms with Crippen molar-refractivity contribution in [2.45, 2.75) is 45.4 Å². The topological polar surface area (TPSA) is 0 Å². The Hall–Kier alpha value is -1.30. The van der Waals surface area contributed by atoms with Crippen LogP contribution >= 0.6 is 0 Å². The van der Waals surface area contributed by atoms with E-state index in [1.54, 1.807) is 11.1 Å². The van der Waals surface area contributed by atoms with Crippen LogP contribution < -0.4 is 0 Å². The van der Waals surface area contributed by atoms with Crippen LogP contribution in [0.4, 0.5) is 0 Å². The van der Waals surface area contributed by atoms with E-state index in [4.69, 9.17) is 0 Å². The fraction of sp³-hybridized carbons (Fsp3) is 0.444. The molecule has 0 heterocycles. The van der Waals surface area contributed by atoms with E-state index in [1.807, 2.05) is 0 Å². The van der Waals surface area contributed by atoms with Gasteiger partial charge >= 0.3 is 0 Å². The van der Waals surface area contributed by atoms with Gasteiger partial charge in [-0.1, -0.05) is 47.6 Å².